The molecule has 2 saturated heterocycles. The summed E-state index contributed by atoms with van der Waals surface area (Å²) >= 11 is 0. The predicted octanol–water partition coefficient (Wildman–Crippen LogP) is 3.75. The lowest BCUT2D eigenvalue weighted by Gasteiger charge is -2.55. The van der Waals surface area contributed by atoms with Crippen molar-refractivity contribution in [2.24, 2.45) is 35.0 Å². The summed E-state index contributed by atoms with van der Waals surface area (Å²) in [4.78, 5) is 69.8. The van der Waals surface area contributed by atoms with Gasteiger partial charge in [0.25, 0.3) is 0 Å². The number of hydrogen-bond acceptors (Lipinski definition) is 6. The van der Waals surface area contributed by atoms with E-state index >= 15 is 0 Å². The van der Waals surface area contributed by atoms with Crippen LogP contribution in [-0.2, 0) is 28.7 Å². The lowest BCUT2D eigenvalue weighted by atomic mass is 9.45. The molecular weight excluding hydrogens is 510 g/mol. The third-order valence-corrected chi connectivity index (χ3v) is 8.81. The van der Waals surface area contributed by atoms with Crippen LogP contribution < -0.4 is 9.80 Å². The van der Waals surface area contributed by atoms with Crippen LogP contribution >= 0.6 is 0 Å². The van der Waals surface area contributed by atoms with Gasteiger partial charge in [0, 0.05) is 12.3 Å². The molecule has 0 aromatic heterocycles. The highest BCUT2D eigenvalue weighted by atomic mass is 19.1. The lowest BCUT2D eigenvalue weighted by Crippen LogP contribution is -2.60. The molecule has 0 radical (unpaired) electrons. The first-order valence-electron chi connectivity index (χ1n) is 12.7. The van der Waals surface area contributed by atoms with Gasteiger partial charge in [-0.3, -0.25) is 24.0 Å². The molecule has 10 heteroatoms. The normalized spacial score (nSPS) is 31.3. The van der Waals surface area contributed by atoms with Gasteiger partial charge in [0.2, 0.25) is 23.6 Å². The molecule has 8 nitrogen and oxygen atoms in total. The van der Waals surface area contributed by atoms with Gasteiger partial charge >= 0.3 is 5.97 Å². The van der Waals surface area contributed by atoms with Crippen LogP contribution in [0.5, 0.6) is 0 Å². The summed E-state index contributed by atoms with van der Waals surface area (Å²) in [5.41, 5.74) is -1.68. The molecule has 4 unspecified atom stereocenters. The number of amides is 4. The molecule has 3 aliphatic carbocycles. The predicted molar refractivity (Wildman–Crippen MR) is 132 cm³/mol. The zero-order chi connectivity index (χ0) is 28.0. The zero-order valence-electron chi connectivity index (χ0n) is 21.3. The van der Waals surface area contributed by atoms with E-state index < -0.39 is 76.2 Å². The van der Waals surface area contributed by atoms with Crippen molar-refractivity contribution >= 4 is 41.0 Å². The minimum absolute atomic E-state index is 0.00216. The van der Waals surface area contributed by atoms with Gasteiger partial charge in [-0.25, -0.2) is 18.6 Å². The van der Waals surface area contributed by atoms with Gasteiger partial charge in [-0.15, -0.1) is 0 Å². The van der Waals surface area contributed by atoms with Gasteiger partial charge in [-0.2, -0.15) is 0 Å². The van der Waals surface area contributed by atoms with E-state index in [4.69, 9.17) is 4.74 Å². The first-order chi connectivity index (χ1) is 18.5. The van der Waals surface area contributed by atoms with Crippen molar-refractivity contribution in [2.45, 2.75) is 27.2 Å². The number of halogens is 2. The van der Waals surface area contributed by atoms with E-state index in [0.717, 1.165) is 21.9 Å². The SMILES string of the molecule is CCC(=O)OC1=C(C)C2C3C(=O)N(c4ccccc4F)C(=O)C3C1(C)C1C(=O)N(c3ccccc3F)C(=O)C21. The van der Waals surface area contributed by atoms with Gasteiger partial charge in [-0.05, 0) is 36.8 Å². The largest absolute Gasteiger partial charge is 0.430 e. The van der Waals surface area contributed by atoms with Crippen molar-refractivity contribution in [2.75, 3.05) is 9.80 Å². The highest BCUT2D eigenvalue weighted by Gasteiger charge is 2.77. The van der Waals surface area contributed by atoms with Crippen LogP contribution in [0.2, 0.25) is 0 Å². The van der Waals surface area contributed by atoms with Crippen molar-refractivity contribution in [3.05, 3.63) is 71.5 Å². The Morgan fingerprint density at radius 2 is 1.23 bits per heavy atom. The first-order valence-corrected chi connectivity index (χ1v) is 12.7. The Labute approximate surface area is 222 Å². The van der Waals surface area contributed by atoms with Gasteiger partial charge in [0.15, 0.2) is 0 Å². The average molecular weight is 535 g/mol. The van der Waals surface area contributed by atoms with E-state index in [9.17, 15) is 32.8 Å². The second kappa shape index (κ2) is 8.39. The molecule has 2 bridgehead atoms. The van der Waals surface area contributed by atoms with Crippen molar-refractivity contribution in [3.8, 4) is 0 Å². The molecular formula is C29H24F2N2O6. The van der Waals surface area contributed by atoms with Crippen LogP contribution in [0.3, 0.4) is 0 Å². The number of ether oxygens (including phenoxy) is 1. The molecule has 2 heterocycles. The van der Waals surface area contributed by atoms with E-state index in [1.165, 1.54) is 43.3 Å². The Bertz CT molecular complexity index is 1440. The molecule has 2 aromatic carbocycles. The quantitative estimate of drug-likeness (QED) is 0.438. The molecule has 3 fully saturated rings. The minimum Gasteiger partial charge on any atom is -0.430 e. The molecule has 39 heavy (non-hydrogen) atoms. The average Bonchev–Trinajstić information content (AvgIpc) is 3.33. The molecule has 2 aliphatic heterocycles. The summed E-state index contributed by atoms with van der Waals surface area (Å²) in [5.74, 6) is -10.6. The molecule has 2 aromatic rings. The fraction of sp³-hybridized carbons (Fsp3) is 0.345. The summed E-state index contributed by atoms with van der Waals surface area (Å²) in [6.07, 6.45) is 0.00216. The molecule has 0 spiro atoms. The van der Waals surface area contributed by atoms with E-state index in [1.54, 1.807) is 13.8 Å². The van der Waals surface area contributed by atoms with Crippen molar-refractivity contribution in [1.29, 1.82) is 0 Å². The third-order valence-electron chi connectivity index (χ3n) is 8.81. The second-order valence-electron chi connectivity index (χ2n) is 10.6. The highest BCUT2D eigenvalue weighted by molar-refractivity contribution is 6.27. The Morgan fingerprint density at radius 1 is 0.795 bits per heavy atom. The Morgan fingerprint density at radius 3 is 1.64 bits per heavy atom. The Balaban J connectivity index is 1.56. The van der Waals surface area contributed by atoms with Gasteiger partial charge in [-0.1, -0.05) is 38.1 Å². The molecule has 5 aliphatic rings. The number of anilines is 2. The van der Waals surface area contributed by atoms with Gasteiger partial charge < -0.3 is 4.74 Å². The second-order valence-corrected chi connectivity index (χ2v) is 10.6. The number of carbonyl (C=O) groups excluding carboxylic acids is 5. The number of esters is 1. The lowest BCUT2D eigenvalue weighted by molar-refractivity contribution is -0.160. The van der Waals surface area contributed by atoms with E-state index in [1.807, 2.05) is 0 Å². The van der Waals surface area contributed by atoms with Gasteiger partial charge in [0.05, 0.1) is 40.5 Å². The number of benzene rings is 2. The van der Waals surface area contributed by atoms with Crippen molar-refractivity contribution in [3.63, 3.8) is 0 Å². The molecule has 4 atom stereocenters. The number of carbonyl (C=O) groups is 5. The molecule has 4 amide bonds. The zero-order valence-corrected chi connectivity index (χ0v) is 21.3. The topological polar surface area (TPSA) is 101 Å². The smallest absolute Gasteiger partial charge is 0.310 e. The van der Waals surface area contributed by atoms with Crippen LogP contribution in [0, 0.1) is 46.6 Å². The van der Waals surface area contributed by atoms with Crippen molar-refractivity contribution in [1.82, 2.24) is 0 Å². The number of rotatable bonds is 4. The maximum absolute atomic E-state index is 14.8. The number of allylic oxidation sites excluding steroid dienone is 2. The van der Waals surface area contributed by atoms with E-state index in [-0.39, 0.29) is 23.6 Å². The van der Waals surface area contributed by atoms with Crippen LogP contribution in [0.15, 0.2) is 59.9 Å². The van der Waals surface area contributed by atoms with Crippen LogP contribution in [0.1, 0.15) is 27.2 Å². The monoisotopic (exact) mass is 534 g/mol. The fourth-order valence-electron chi connectivity index (χ4n) is 7.30. The fourth-order valence-corrected chi connectivity index (χ4v) is 7.30. The van der Waals surface area contributed by atoms with Crippen LogP contribution in [-0.4, -0.2) is 29.6 Å². The molecule has 200 valence electrons. The molecule has 0 N–H and O–H groups in total. The maximum Gasteiger partial charge on any atom is 0.310 e. The maximum atomic E-state index is 14.8. The number of para-hydroxylation sites is 2. The highest BCUT2D eigenvalue weighted by Crippen LogP contribution is 2.69. The Kier molecular flexibility index (Phi) is 5.40. The Hall–Kier alpha value is -4.21. The summed E-state index contributed by atoms with van der Waals surface area (Å²) in [6.45, 7) is 4.73. The summed E-state index contributed by atoms with van der Waals surface area (Å²) < 4.78 is 35.3. The standard InChI is InChI=1S/C29H24F2N2O6/c1-4-18(34)39-24-13(2)19-20-22(27(37)32(25(20)35)16-11-7-5-9-14(16)30)29(24,3)23-21(19)26(36)33(28(23)38)17-12-8-6-10-15(17)31/h5-12,19-23H,4H2,1-3H3. The number of nitrogens with zero attached hydrogens (tertiary/aromatic N) is 2. The third kappa shape index (κ3) is 3.05. The van der Waals surface area contributed by atoms with Gasteiger partial charge in [0.1, 0.15) is 17.4 Å². The van der Waals surface area contributed by atoms with Crippen LogP contribution in [0.4, 0.5) is 20.2 Å². The summed E-state index contributed by atoms with van der Waals surface area (Å²) in [6, 6.07) is 10.7. The summed E-state index contributed by atoms with van der Waals surface area (Å²) in [7, 11) is 0. The van der Waals surface area contributed by atoms with E-state index in [2.05, 4.69) is 0 Å². The summed E-state index contributed by atoms with van der Waals surface area (Å²) in [5, 5.41) is 0. The number of imide groups is 2. The van der Waals surface area contributed by atoms with Crippen molar-refractivity contribution < 1.29 is 37.5 Å². The van der Waals surface area contributed by atoms with Crippen LogP contribution in [0.25, 0.3) is 0 Å². The molecule has 7 rings (SSSR count). The molecule has 1 saturated carbocycles. The number of hydrogen-bond donors (Lipinski definition) is 0. The van der Waals surface area contributed by atoms with E-state index in [0.29, 0.717) is 5.57 Å². The first kappa shape index (κ1) is 25.1. The minimum atomic E-state index is -1.61.